The lowest BCUT2D eigenvalue weighted by molar-refractivity contribution is -0.121. The largest absolute Gasteiger partial charge is 0.497 e. The fourth-order valence-corrected chi connectivity index (χ4v) is 2.70. The SMILES string of the molecule is CCOc1ccccc1CCCNC(=O)CCCOc1ccc(OC)cc1. The number of para-hydroxylation sites is 1. The minimum absolute atomic E-state index is 0.0615. The predicted molar refractivity (Wildman–Crippen MR) is 107 cm³/mol. The van der Waals surface area contributed by atoms with E-state index in [1.165, 1.54) is 5.56 Å². The lowest BCUT2D eigenvalue weighted by Gasteiger charge is -2.10. The second-order valence-corrected chi connectivity index (χ2v) is 6.12. The first-order valence-corrected chi connectivity index (χ1v) is 9.47. The van der Waals surface area contributed by atoms with Crippen molar-refractivity contribution in [1.29, 1.82) is 0 Å². The van der Waals surface area contributed by atoms with Crippen LogP contribution < -0.4 is 19.5 Å². The average molecular weight is 371 g/mol. The Morgan fingerprint density at radius 1 is 0.963 bits per heavy atom. The molecule has 1 amide bonds. The maximum Gasteiger partial charge on any atom is 0.220 e. The molecule has 0 saturated heterocycles. The Balaban J connectivity index is 1.57. The molecule has 2 rings (SSSR count). The monoisotopic (exact) mass is 371 g/mol. The van der Waals surface area contributed by atoms with Crippen LogP contribution in [0.1, 0.15) is 31.7 Å². The summed E-state index contributed by atoms with van der Waals surface area (Å²) in [6.07, 6.45) is 2.92. The van der Waals surface area contributed by atoms with Crippen molar-refractivity contribution in [2.45, 2.75) is 32.6 Å². The molecule has 0 aromatic heterocycles. The molecule has 0 heterocycles. The lowest BCUT2D eigenvalue weighted by atomic mass is 10.1. The standard InChI is InChI=1S/C22H29NO4/c1-3-26-21-10-5-4-8-18(21)9-6-16-23-22(24)11-7-17-27-20-14-12-19(25-2)13-15-20/h4-5,8,10,12-15H,3,6-7,9,11,16-17H2,1-2H3,(H,23,24). The van der Waals surface area contributed by atoms with Crippen LogP contribution in [0, 0.1) is 0 Å². The molecule has 0 aliphatic heterocycles. The van der Waals surface area contributed by atoms with Gasteiger partial charge in [-0.15, -0.1) is 0 Å². The number of methoxy groups -OCH3 is 1. The van der Waals surface area contributed by atoms with Gasteiger partial charge < -0.3 is 19.5 Å². The predicted octanol–water partition coefficient (Wildman–Crippen LogP) is 4.00. The molecule has 5 heteroatoms. The lowest BCUT2D eigenvalue weighted by Crippen LogP contribution is -2.25. The number of nitrogens with one attached hydrogen (secondary N) is 1. The summed E-state index contributed by atoms with van der Waals surface area (Å²) in [5.41, 5.74) is 1.18. The highest BCUT2D eigenvalue weighted by Gasteiger charge is 2.04. The van der Waals surface area contributed by atoms with Gasteiger partial charge in [-0.25, -0.2) is 0 Å². The molecule has 0 bridgehead atoms. The fraction of sp³-hybridized carbons (Fsp3) is 0.409. The number of rotatable bonds is 12. The van der Waals surface area contributed by atoms with E-state index in [0.29, 0.717) is 32.6 Å². The van der Waals surface area contributed by atoms with Crippen molar-refractivity contribution in [1.82, 2.24) is 5.32 Å². The fourth-order valence-electron chi connectivity index (χ4n) is 2.70. The number of hydrogen-bond acceptors (Lipinski definition) is 4. The van der Waals surface area contributed by atoms with E-state index >= 15 is 0 Å². The molecule has 0 fully saturated rings. The maximum absolute atomic E-state index is 11.9. The highest BCUT2D eigenvalue weighted by molar-refractivity contribution is 5.75. The summed E-state index contributed by atoms with van der Waals surface area (Å²) in [6.45, 7) is 3.82. The van der Waals surface area contributed by atoms with Crippen LogP contribution in [-0.4, -0.2) is 32.8 Å². The Morgan fingerprint density at radius 2 is 1.70 bits per heavy atom. The first-order valence-electron chi connectivity index (χ1n) is 9.47. The quantitative estimate of drug-likeness (QED) is 0.573. The zero-order valence-electron chi connectivity index (χ0n) is 16.2. The maximum atomic E-state index is 11.9. The third-order valence-corrected chi connectivity index (χ3v) is 4.09. The van der Waals surface area contributed by atoms with Gasteiger partial charge in [0.1, 0.15) is 17.2 Å². The molecule has 0 aliphatic carbocycles. The Bertz CT molecular complexity index is 685. The average Bonchev–Trinajstić information content (AvgIpc) is 2.70. The Morgan fingerprint density at radius 3 is 2.44 bits per heavy atom. The number of carbonyl (C=O) groups is 1. The van der Waals surface area contributed by atoms with Crippen molar-refractivity contribution in [2.75, 3.05) is 26.9 Å². The molecule has 1 N–H and O–H groups in total. The minimum Gasteiger partial charge on any atom is -0.497 e. The summed E-state index contributed by atoms with van der Waals surface area (Å²) < 4.78 is 16.4. The zero-order chi connectivity index (χ0) is 19.3. The molecule has 0 saturated carbocycles. The number of carbonyl (C=O) groups excluding carboxylic acids is 1. The molecule has 5 nitrogen and oxygen atoms in total. The minimum atomic E-state index is 0.0615. The van der Waals surface area contributed by atoms with E-state index in [0.717, 1.165) is 30.1 Å². The Kier molecular flexibility index (Phi) is 9.04. The van der Waals surface area contributed by atoms with Crippen molar-refractivity contribution in [3.8, 4) is 17.2 Å². The number of amides is 1. The van der Waals surface area contributed by atoms with Crippen LogP contribution in [0.25, 0.3) is 0 Å². The van der Waals surface area contributed by atoms with Crippen LogP contribution in [0.3, 0.4) is 0 Å². The van der Waals surface area contributed by atoms with Gasteiger partial charge in [0.25, 0.3) is 0 Å². The van der Waals surface area contributed by atoms with Crippen molar-refractivity contribution in [3.63, 3.8) is 0 Å². The van der Waals surface area contributed by atoms with Crippen molar-refractivity contribution in [3.05, 3.63) is 54.1 Å². The van der Waals surface area contributed by atoms with Gasteiger partial charge in [0.2, 0.25) is 5.91 Å². The van der Waals surface area contributed by atoms with Gasteiger partial charge in [-0.3, -0.25) is 4.79 Å². The molecule has 0 atom stereocenters. The first-order chi connectivity index (χ1) is 13.2. The van der Waals surface area contributed by atoms with Gasteiger partial charge in [-0.05, 0) is 62.1 Å². The van der Waals surface area contributed by atoms with E-state index in [-0.39, 0.29) is 5.91 Å². The van der Waals surface area contributed by atoms with Gasteiger partial charge in [0.05, 0.1) is 20.3 Å². The van der Waals surface area contributed by atoms with Crippen LogP contribution in [0.15, 0.2) is 48.5 Å². The number of hydrogen-bond donors (Lipinski definition) is 1. The van der Waals surface area contributed by atoms with Crippen molar-refractivity contribution >= 4 is 5.91 Å². The Labute approximate surface area is 161 Å². The van der Waals surface area contributed by atoms with Gasteiger partial charge >= 0.3 is 0 Å². The second kappa shape index (κ2) is 11.8. The van der Waals surface area contributed by atoms with Gasteiger partial charge in [-0.2, -0.15) is 0 Å². The molecule has 146 valence electrons. The normalized spacial score (nSPS) is 10.3. The van der Waals surface area contributed by atoms with Gasteiger partial charge in [-0.1, -0.05) is 18.2 Å². The third kappa shape index (κ3) is 7.60. The molecule has 0 spiro atoms. The topological polar surface area (TPSA) is 56.8 Å². The molecule has 2 aromatic rings. The molecule has 0 unspecified atom stereocenters. The first kappa shape index (κ1) is 20.6. The summed E-state index contributed by atoms with van der Waals surface area (Å²) >= 11 is 0. The van der Waals surface area contributed by atoms with Crippen LogP contribution in [0.5, 0.6) is 17.2 Å². The third-order valence-electron chi connectivity index (χ3n) is 4.09. The number of ether oxygens (including phenoxy) is 3. The van der Waals surface area contributed by atoms with Crippen LogP contribution >= 0.6 is 0 Å². The molecule has 0 aliphatic rings. The van der Waals surface area contributed by atoms with E-state index in [9.17, 15) is 4.79 Å². The summed E-state index contributed by atoms with van der Waals surface area (Å²) in [7, 11) is 1.63. The van der Waals surface area contributed by atoms with Crippen LogP contribution in [0.4, 0.5) is 0 Å². The summed E-state index contributed by atoms with van der Waals surface area (Å²) in [4.78, 5) is 11.9. The molecule has 2 aromatic carbocycles. The van der Waals surface area contributed by atoms with Crippen molar-refractivity contribution < 1.29 is 19.0 Å². The molecule has 27 heavy (non-hydrogen) atoms. The number of benzene rings is 2. The number of aryl methyl sites for hydroxylation is 1. The van der Waals surface area contributed by atoms with Gasteiger partial charge in [0.15, 0.2) is 0 Å². The summed E-state index contributed by atoms with van der Waals surface area (Å²) in [5, 5.41) is 2.97. The van der Waals surface area contributed by atoms with Crippen LogP contribution in [0.2, 0.25) is 0 Å². The smallest absolute Gasteiger partial charge is 0.220 e. The van der Waals surface area contributed by atoms with E-state index < -0.39 is 0 Å². The highest BCUT2D eigenvalue weighted by atomic mass is 16.5. The molecule has 0 radical (unpaired) electrons. The van der Waals surface area contributed by atoms with E-state index in [2.05, 4.69) is 11.4 Å². The highest BCUT2D eigenvalue weighted by Crippen LogP contribution is 2.19. The summed E-state index contributed by atoms with van der Waals surface area (Å²) in [5.74, 6) is 2.57. The zero-order valence-corrected chi connectivity index (χ0v) is 16.2. The van der Waals surface area contributed by atoms with Crippen molar-refractivity contribution in [2.24, 2.45) is 0 Å². The summed E-state index contributed by atoms with van der Waals surface area (Å²) in [6, 6.07) is 15.5. The van der Waals surface area contributed by atoms with E-state index in [1.807, 2.05) is 49.4 Å². The van der Waals surface area contributed by atoms with Crippen LogP contribution in [-0.2, 0) is 11.2 Å². The van der Waals surface area contributed by atoms with E-state index in [4.69, 9.17) is 14.2 Å². The Hall–Kier alpha value is -2.69. The second-order valence-electron chi connectivity index (χ2n) is 6.12. The molecular weight excluding hydrogens is 342 g/mol. The van der Waals surface area contributed by atoms with E-state index in [1.54, 1.807) is 7.11 Å². The van der Waals surface area contributed by atoms with Gasteiger partial charge in [0, 0.05) is 13.0 Å². The molecular formula is C22H29NO4.